The Kier molecular flexibility index (Phi) is 6.47. The number of aromatic nitrogens is 1. The minimum atomic E-state index is -0.308. The Hall–Kier alpha value is -1.66. The second-order valence-corrected chi connectivity index (χ2v) is 8.54. The lowest BCUT2D eigenvalue weighted by Gasteiger charge is -2.46. The fraction of sp³-hybridized carbons (Fsp3) is 0.727. The summed E-state index contributed by atoms with van der Waals surface area (Å²) in [6, 6.07) is 6.08. The third-order valence-corrected chi connectivity index (χ3v) is 6.76. The number of morpholine rings is 1. The van der Waals surface area contributed by atoms with Crippen LogP contribution in [0.15, 0.2) is 24.4 Å². The molecular formula is C22H34N4O2. The summed E-state index contributed by atoms with van der Waals surface area (Å²) in [7, 11) is 0. The summed E-state index contributed by atoms with van der Waals surface area (Å²) in [6.45, 7) is 6.05. The zero-order chi connectivity index (χ0) is 19.2. The smallest absolute Gasteiger partial charge is 0.240 e. The molecule has 3 fully saturated rings. The van der Waals surface area contributed by atoms with Gasteiger partial charge in [-0.25, -0.2) is 4.98 Å². The molecule has 6 heteroatoms. The molecule has 6 nitrogen and oxygen atoms in total. The van der Waals surface area contributed by atoms with Crippen LogP contribution in [0.1, 0.15) is 44.9 Å². The van der Waals surface area contributed by atoms with Gasteiger partial charge in [-0.1, -0.05) is 25.3 Å². The van der Waals surface area contributed by atoms with Gasteiger partial charge in [-0.05, 0) is 43.7 Å². The molecule has 154 valence electrons. The standard InChI is InChI=1S/C22H34N4O2/c27-21(22(9-3-1-4-10-22)26-13-15-28-16-14-26)24-17-19-7-6-12-25(18-19)20-8-2-5-11-23-20/h2,5,8,11,19H,1,3-4,6-7,9-10,12-18H2,(H,24,27)/t19-/m1/s1. The lowest BCUT2D eigenvalue weighted by Crippen LogP contribution is -2.62. The van der Waals surface area contributed by atoms with E-state index in [2.05, 4.69) is 26.2 Å². The Balaban J connectivity index is 1.36. The first kappa shape index (κ1) is 19.6. The van der Waals surface area contributed by atoms with Crippen LogP contribution in [-0.2, 0) is 9.53 Å². The van der Waals surface area contributed by atoms with Gasteiger partial charge in [0.25, 0.3) is 0 Å². The minimum absolute atomic E-state index is 0.254. The van der Waals surface area contributed by atoms with Crippen LogP contribution < -0.4 is 10.2 Å². The SMILES string of the molecule is O=C(NC[C@H]1CCCN(c2ccccn2)C1)C1(N2CCOCC2)CCCCC1. The predicted octanol–water partition coefficient (Wildman–Crippen LogP) is 2.45. The number of anilines is 1. The first-order valence-corrected chi connectivity index (χ1v) is 11.0. The van der Waals surface area contributed by atoms with Crippen LogP contribution >= 0.6 is 0 Å². The Morgan fingerprint density at radius 1 is 1.14 bits per heavy atom. The molecule has 1 aromatic rings. The Morgan fingerprint density at radius 2 is 1.96 bits per heavy atom. The lowest BCUT2D eigenvalue weighted by molar-refractivity contribution is -0.140. The van der Waals surface area contributed by atoms with Crippen molar-refractivity contribution in [1.82, 2.24) is 15.2 Å². The highest BCUT2D eigenvalue weighted by atomic mass is 16.5. The van der Waals surface area contributed by atoms with Gasteiger partial charge in [-0.3, -0.25) is 9.69 Å². The van der Waals surface area contributed by atoms with Gasteiger partial charge in [0.15, 0.2) is 0 Å². The van der Waals surface area contributed by atoms with Gasteiger partial charge in [0, 0.05) is 38.9 Å². The van der Waals surface area contributed by atoms with Crippen molar-refractivity contribution in [3.8, 4) is 0 Å². The van der Waals surface area contributed by atoms with Gasteiger partial charge in [0.1, 0.15) is 11.4 Å². The lowest BCUT2D eigenvalue weighted by atomic mass is 9.79. The third-order valence-electron chi connectivity index (χ3n) is 6.76. The van der Waals surface area contributed by atoms with E-state index in [1.165, 1.54) is 12.8 Å². The second-order valence-electron chi connectivity index (χ2n) is 8.54. The molecule has 0 aromatic carbocycles. The Bertz CT molecular complexity index is 627. The van der Waals surface area contributed by atoms with E-state index in [1.807, 2.05) is 18.3 Å². The summed E-state index contributed by atoms with van der Waals surface area (Å²) >= 11 is 0. The minimum Gasteiger partial charge on any atom is -0.379 e. The van der Waals surface area contributed by atoms with Crippen molar-refractivity contribution in [2.75, 3.05) is 50.8 Å². The maximum atomic E-state index is 13.4. The maximum Gasteiger partial charge on any atom is 0.240 e. The van der Waals surface area contributed by atoms with Crippen LogP contribution in [-0.4, -0.2) is 67.3 Å². The van der Waals surface area contributed by atoms with Crippen molar-refractivity contribution in [1.29, 1.82) is 0 Å². The number of amides is 1. The Morgan fingerprint density at radius 3 is 2.71 bits per heavy atom. The van der Waals surface area contributed by atoms with E-state index in [0.29, 0.717) is 5.92 Å². The average Bonchev–Trinajstić information content (AvgIpc) is 2.79. The third kappa shape index (κ3) is 4.33. The first-order valence-electron chi connectivity index (χ1n) is 11.0. The highest BCUT2D eigenvalue weighted by Gasteiger charge is 2.45. The van der Waals surface area contributed by atoms with E-state index in [0.717, 1.165) is 83.9 Å². The highest BCUT2D eigenvalue weighted by Crippen LogP contribution is 2.34. The largest absolute Gasteiger partial charge is 0.379 e. The monoisotopic (exact) mass is 386 g/mol. The number of hydrogen-bond donors (Lipinski definition) is 1. The number of nitrogens with one attached hydrogen (secondary N) is 1. The van der Waals surface area contributed by atoms with E-state index < -0.39 is 0 Å². The molecule has 0 unspecified atom stereocenters. The average molecular weight is 387 g/mol. The van der Waals surface area contributed by atoms with E-state index >= 15 is 0 Å². The van der Waals surface area contributed by atoms with E-state index in [9.17, 15) is 4.79 Å². The van der Waals surface area contributed by atoms with Gasteiger partial charge in [-0.15, -0.1) is 0 Å². The van der Waals surface area contributed by atoms with Crippen molar-refractivity contribution >= 4 is 11.7 Å². The molecule has 4 rings (SSSR count). The molecule has 1 saturated carbocycles. The van der Waals surface area contributed by atoms with Crippen LogP contribution in [0.3, 0.4) is 0 Å². The zero-order valence-corrected chi connectivity index (χ0v) is 16.9. The van der Waals surface area contributed by atoms with Crippen molar-refractivity contribution in [2.24, 2.45) is 5.92 Å². The van der Waals surface area contributed by atoms with Gasteiger partial charge < -0.3 is 15.0 Å². The molecule has 2 aliphatic heterocycles. The van der Waals surface area contributed by atoms with Crippen LogP contribution in [0.2, 0.25) is 0 Å². The van der Waals surface area contributed by atoms with Crippen molar-refractivity contribution in [3.05, 3.63) is 24.4 Å². The molecule has 1 N–H and O–H groups in total. The van der Waals surface area contributed by atoms with E-state index in [-0.39, 0.29) is 11.4 Å². The molecule has 2 saturated heterocycles. The molecule has 0 radical (unpaired) electrons. The molecule has 3 heterocycles. The number of hydrogen-bond acceptors (Lipinski definition) is 5. The van der Waals surface area contributed by atoms with Gasteiger partial charge in [-0.2, -0.15) is 0 Å². The summed E-state index contributed by atoms with van der Waals surface area (Å²) in [5, 5.41) is 3.36. The zero-order valence-electron chi connectivity index (χ0n) is 16.9. The molecule has 0 bridgehead atoms. The number of carbonyl (C=O) groups is 1. The van der Waals surface area contributed by atoms with Crippen LogP contribution in [0.25, 0.3) is 0 Å². The molecule has 0 spiro atoms. The topological polar surface area (TPSA) is 57.7 Å². The Labute approximate surface area is 168 Å². The van der Waals surface area contributed by atoms with Crippen molar-refractivity contribution < 1.29 is 9.53 Å². The fourth-order valence-electron chi connectivity index (χ4n) is 5.20. The van der Waals surface area contributed by atoms with Crippen molar-refractivity contribution in [3.63, 3.8) is 0 Å². The summed E-state index contributed by atoms with van der Waals surface area (Å²) in [6.07, 6.45) is 9.73. The molecule has 1 atom stereocenters. The number of piperidine rings is 1. The van der Waals surface area contributed by atoms with Crippen LogP contribution in [0, 0.1) is 5.92 Å². The van der Waals surface area contributed by atoms with E-state index in [1.54, 1.807) is 0 Å². The number of nitrogens with zero attached hydrogens (tertiary/aromatic N) is 3. The fourth-order valence-corrected chi connectivity index (χ4v) is 5.20. The number of ether oxygens (including phenoxy) is 1. The molecule has 1 aromatic heterocycles. The highest BCUT2D eigenvalue weighted by molar-refractivity contribution is 5.86. The van der Waals surface area contributed by atoms with Gasteiger partial charge >= 0.3 is 0 Å². The molecule has 28 heavy (non-hydrogen) atoms. The molecule has 1 aliphatic carbocycles. The predicted molar refractivity (Wildman–Crippen MR) is 110 cm³/mol. The number of pyridine rings is 1. The van der Waals surface area contributed by atoms with Gasteiger partial charge in [0.05, 0.1) is 13.2 Å². The van der Waals surface area contributed by atoms with Crippen LogP contribution in [0.5, 0.6) is 0 Å². The van der Waals surface area contributed by atoms with Gasteiger partial charge in [0.2, 0.25) is 5.91 Å². The van der Waals surface area contributed by atoms with Crippen LogP contribution in [0.4, 0.5) is 5.82 Å². The van der Waals surface area contributed by atoms with Crippen molar-refractivity contribution in [2.45, 2.75) is 50.5 Å². The quantitative estimate of drug-likeness (QED) is 0.842. The summed E-state index contributed by atoms with van der Waals surface area (Å²) in [5.41, 5.74) is -0.308. The number of rotatable bonds is 5. The maximum absolute atomic E-state index is 13.4. The normalized spacial score (nSPS) is 26.0. The van der Waals surface area contributed by atoms with E-state index in [4.69, 9.17) is 4.74 Å². The molecular weight excluding hydrogens is 352 g/mol. The second kappa shape index (κ2) is 9.23. The number of carbonyl (C=O) groups excluding carboxylic acids is 1. The summed E-state index contributed by atoms with van der Waals surface area (Å²) in [4.78, 5) is 22.7. The summed E-state index contributed by atoms with van der Waals surface area (Å²) in [5.74, 6) is 1.80. The first-order chi connectivity index (χ1) is 13.8. The molecule has 3 aliphatic rings. The molecule has 1 amide bonds. The summed E-state index contributed by atoms with van der Waals surface area (Å²) < 4.78 is 5.54.